The molecule has 0 unspecified atom stereocenters. The Morgan fingerprint density at radius 1 is 1.16 bits per heavy atom. The molecule has 0 atom stereocenters. The van der Waals surface area contributed by atoms with Gasteiger partial charge < -0.3 is 4.98 Å². The Kier molecular flexibility index (Phi) is 3.34. The number of pyridine rings is 1. The molecule has 1 N–H and O–H groups in total. The van der Waals surface area contributed by atoms with Crippen LogP contribution in [-0.4, -0.2) is 15.0 Å². The van der Waals surface area contributed by atoms with E-state index in [1.54, 1.807) is 6.20 Å². The van der Waals surface area contributed by atoms with Crippen LogP contribution in [0, 0.1) is 6.92 Å². The highest BCUT2D eigenvalue weighted by Gasteiger charge is 2.04. The zero-order valence-corrected chi connectivity index (χ0v) is 12.2. The highest BCUT2D eigenvalue weighted by molar-refractivity contribution is 9.10. The van der Waals surface area contributed by atoms with Crippen molar-refractivity contribution in [2.24, 2.45) is 0 Å². The van der Waals surface area contributed by atoms with Gasteiger partial charge in [0.25, 0.3) is 0 Å². The molecule has 3 nitrogen and oxygen atoms in total. The molecular weight excluding hydrogens is 302 g/mol. The van der Waals surface area contributed by atoms with E-state index < -0.39 is 0 Å². The van der Waals surface area contributed by atoms with Crippen molar-refractivity contribution in [3.8, 4) is 0 Å². The van der Waals surface area contributed by atoms with Crippen molar-refractivity contribution in [1.82, 2.24) is 15.0 Å². The van der Waals surface area contributed by atoms with Crippen LogP contribution in [0.3, 0.4) is 0 Å². The van der Waals surface area contributed by atoms with Crippen LogP contribution in [0.15, 0.2) is 41.0 Å². The van der Waals surface area contributed by atoms with Gasteiger partial charge in [0.2, 0.25) is 0 Å². The van der Waals surface area contributed by atoms with Crippen molar-refractivity contribution in [3.05, 3.63) is 58.0 Å². The molecule has 96 valence electrons. The number of aromatic nitrogens is 3. The summed E-state index contributed by atoms with van der Waals surface area (Å²) in [6.07, 6.45) is 3.66. The Morgan fingerprint density at radius 2 is 1.95 bits per heavy atom. The first-order chi connectivity index (χ1) is 9.20. The molecule has 0 radical (unpaired) electrons. The first-order valence-electron chi connectivity index (χ1n) is 6.26. The standard InChI is InChI=1S/C15H14BrN3/c1-10-2-4-11(5-3-10)6-7-14-18-13-8-12(16)9-17-15(13)19-14/h2-5,8-9H,6-7H2,1H3,(H,17,18,19). The van der Waals surface area contributed by atoms with E-state index in [0.717, 1.165) is 34.3 Å². The third-order valence-corrected chi connectivity index (χ3v) is 3.56. The Labute approximate surface area is 120 Å². The molecule has 0 amide bonds. The largest absolute Gasteiger partial charge is 0.341 e. The van der Waals surface area contributed by atoms with Crippen molar-refractivity contribution in [3.63, 3.8) is 0 Å². The predicted molar refractivity (Wildman–Crippen MR) is 80.2 cm³/mol. The fraction of sp³-hybridized carbons (Fsp3) is 0.200. The van der Waals surface area contributed by atoms with Crippen LogP contribution < -0.4 is 0 Å². The smallest absolute Gasteiger partial charge is 0.177 e. The van der Waals surface area contributed by atoms with Crippen molar-refractivity contribution in [2.75, 3.05) is 0 Å². The number of hydrogen-bond acceptors (Lipinski definition) is 2. The van der Waals surface area contributed by atoms with Crippen LogP contribution in [-0.2, 0) is 12.8 Å². The zero-order chi connectivity index (χ0) is 13.2. The number of nitrogens with one attached hydrogen (secondary N) is 1. The molecule has 2 aromatic heterocycles. The molecule has 3 aromatic rings. The van der Waals surface area contributed by atoms with Crippen LogP contribution in [0.25, 0.3) is 11.2 Å². The number of nitrogens with zero attached hydrogens (tertiary/aromatic N) is 2. The van der Waals surface area contributed by atoms with Gasteiger partial charge in [-0.15, -0.1) is 0 Å². The lowest BCUT2D eigenvalue weighted by atomic mass is 10.1. The Morgan fingerprint density at radius 3 is 2.74 bits per heavy atom. The maximum atomic E-state index is 4.50. The van der Waals surface area contributed by atoms with Crippen LogP contribution in [0.1, 0.15) is 17.0 Å². The summed E-state index contributed by atoms with van der Waals surface area (Å²) in [5.41, 5.74) is 4.39. The number of aryl methyl sites for hydroxylation is 3. The van der Waals surface area contributed by atoms with Crippen molar-refractivity contribution in [1.29, 1.82) is 0 Å². The van der Waals surface area contributed by atoms with Gasteiger partial charge in [0, 0.05) is 17.1 Å². The fourth-order valence-electron chi connectivity index (χ4n) is 2.06. The van der Waals surface area contributed by atoms with Gasteiger partial charge in [-0.25, -0.2) is 9.97 Å². The minimum Gasteiger partial charge on any atom is -0.341 e. The number of rotatable bonds is 3. The number of hydrogen-bond donors (Lipinski definition) is 1. The summed E-state index contributed by atoms with van der Waals surface area (Å²) in [6, 6.07) is 10.6. The normalized spacial score (nSPS) is 11.1. The summed E-state index contributed by atoms with van der Waals surface area (Å²) in [7, 11) is 0. The molecule has 0 saturated heterocycles. The van der Waals surface area contributed by atoms with E-state index in [1.165, 1.54) is 11.1 Å². The molecule has 0 saturated carbocycles. The highest BCUT2D eigenvalue weighted by atomic mass is 79.9. The van der Waals surface area contributed by atoms with Gasteiger partial charge in [0.15, 0.2) is 5.65 Å². The molecule has 2 heterocycles. The van der Waals surface area contributed by atoms with E-state index >= 15 is 0 Å². The molecule has 0 bridgehead atoms. The van der Waals surface area contributed by atoms with Crippen molar-refractivity contribution >= 4 is 27.1 Å². The minimum absolute atomic E-state index is 0.780. The van der Waals surface area contributed by atoms with Gasteiger partial charge in [-0.2, -0.15) is 0 Å². The summed E-state index contributed by atoms with van der Waals surface area (Å²) in [6.45, 7) is 2.10. The average Bonchev–Trinajstić information content (AvgIpc) is 2.80. The Bertz CT molecular complexity index is 701. The zero-order valence-electron chi connectivity index (χ0n) is 10.7. The number of aromatic amines is 1. The molecule has 0 spiro atoms. The van der Waals surface area contributed by atoms with Crippen LogP contribution >= 0.6 is 15.9 Å². The van der Waals surface area contributed by atoms with Crippen LogP contribution in [0.2, 0.25) is 0 Å². The number of halogens is 1. The minimum atomic E-state index is 0.780. The summed E-state index contributed by atoms with van der Waals surface area (Å²) in [5, 5.41) is 0. The molecule has 19 heavy (non-hydrogen) atoms. The maximum absolute atomic E-state index is 4.50. The molecule has 4 heteroatoms. The Hall–Kier alpha value is -1.68. The summed E-state index contributed by atoms with van der Waals surface area (Å²) < 4.78 is 0.966. The number of fused-ring (bicyclic) bond motifs is 1. The van der Waals surface area contributed by atoms with Crippen molar-refractivity contribution < 1.29 is 0 Å². The second-order valence-electron chi connectivity index (χ2n) is 4.69. The van der Waals surface area contributed by atoms with Gasteiger partial charge in [-0.1, -0.05) is 29.8 Å². The van der Waals surface area contributed by atoms with E-state index in [9.17, 15) is 0 Å². The molecule has 0 aliphatic heterocycles. The summed E-state index contributed by atoms with van der Waals surface area (Å²) >= 11 is 3.41. The summed E-state index contributed by atoms with van der Waals surface area (Å²) in [4.78, 5) is 12.1. The molecule has 1 aromatic carbocycles. The summed E-state index contributed by atoms with van der Waals surface area (Å²) in [5.74, 6) is 0.987. The third kappa shape index (κ3) is 2.84. The second kappa shape index (κ2) is 5.13. The van der Waals surface area contributed by atoms with E-state index in [-0.39, 0.29) is 0 Å². The van der Waals surface area contributed by atoms with E-state index in [1.807, 2.05) is 6.07 Å². The average molecular weight is 316 g/mol. The fourth-order valence-corrected chi connectivity index (χ4v) is 2.39. The number of imidazole rings is 1. The lowest BCUT2D eigenvalue weighted by Gasteiger charge is -1.99. The third-order valence-electron chi connectivity index (χ3n) is 3.12. The maximum Gasteiger partial charge on any atom is 0.177 e. The van der Waals surface area contributed by atoms with E-state index in [0.29, 0.717) is 0 Å². The molecular formula is C15H14BrN3. The predicted octanol–water partition coefficient (Wildman–Crippen LogP) is 3.81. The van der Waals surface area contributed by atoms with E-state index in [2.05, 4.69) is 62.1 Å². The molecule has 3 rings (SSSR count). The van der Waals surface area contributed by atoms with E-state index in [4.69, 9.17) is 0 Å². The first-order valence-corrected chi connectivity index (χ1v) is 7.06. The first kappa shape index (κ1) is 12.4. The van der Waals surface area contributed by atoms with Gasteiger partial charge >= 0.3 is 0 Å². The Balaban J connectivity index is 1.76. The van der Waals surface area contributed by atoms with Gasteiger partial charge in [-0.3, -0.25) is 0 Å². The number of H-pyrrole nitrogens is 1. The highest BCUT2D eigenvalue weighted by Crippen LogP contribution is 2.16. The van der Waals surface area contributed by atoms with Gasteiger partial charge in [0.05, 0.1) is 5.52 Å². The lowest BCUT2D eigenvalue weighted by molar-refractivity contribution is 0.888. The number of benzene rings is 1. The van der Waals surface area contributed by atoms with Gasteiger partial charge in [-0.05, 0) is 40.9 Å². The van der Waals surface area contributed by atoms with Crippen molar-refractivity contribution in [2.45, 2.75) is 19.8 Å². The topological polar surface area (TPSA) is 41.6 Å². The molecule has 0 aliphatic rings. The molecule has 0 aliphatic carbocycles. The van der Waals surface area contributed by atoms with Gasteiger partial charge in [0.1, 0.15) is 5.82 Å². The lowest BCUT2D eigenvalue weighted by Crippen LogP contribution is -1.93. The second-order valence-corrected chi connectivity index (χ2v) is 5.61. The van der Waals surface area contributed by atoms with Crippen LogP contribution in [0.4, 0.5) is 0 Å². The van der Waals surface area contributed by atoms with Crippen LogP contribution in [0.5, 0.6) is 0 Å². The quantitative estimate of drug-likeness (QED) is 0.798. The monoisotopic (exact) mass is 315 g/mol. The molecule has 0 fully saturated rings. The SMILES string of the molecule is Cc1ccc(CCc2nc3ncc(Br)cc3[nH]2)cc1.